The van der Waals surface area contributed by atoms with Crippen LogP contribution in [-0.2, 0) is 33.8 Å². The minimum absolute atomic E-state index is 0.0393. The summed E-state index contributed by atoms with van der Waals surface area (Å²) in [7, 11) is -3.38. The molecule has 1 heterocycles. The summed E-state index contributed by atoms with van der Waals surface area (Å²) in [5.41, 5.74) is 3.44. The second-order valence-corrected chi connectivity index (χ2v) is 14.8. The monoisotopic (exact) mass is 757 g/mol. The van der Waals surface area contributed by atoms with E-state index in [1.54, 1.807) is 36.4 Å². The molecule has 6 N–H and O–H groups in total. The Labute approximate surface area is 311 Å². The smallest absolute Gasteiger partial charge is 0.339 e. The highest BCUT2D eigenvalue weighted by molar-refractivity contribution is 7.90. The molecule has 0 aliphatic carbocycles. The molecular formula is C37H51N5O8S2. The number of carbonyl (C=O) groups excluding carboxylic acids is 4. The summed E-state index contributed by atoms with van der Waals surface area (Å²) in [6.07, 6.45) is 6.69. The number of unbranched alkanes of at least 4 members (excludes halogenated alkanes) is 4. The van der Waals surface area contributed by atoms with Gasteiger partial charge in [-0.15, -0.1) is 0 Å². The number of sulfone groups is 1. The Kier molecular flexibility index (Phi) is 18.0. The third-order valence-corrected chi connectivity index (χ3v) is 9.84. The molecule has 0 spiro atoms. The van der Waals surface area contributed by atoms with Gasteiger partial charge in [0.2, 0.25) is 11.8 Å². The van der Waals surface area contributed by atoms with Crippen molar-refractivity contribution in [2.24, 2.45) is 0 Å². The van der Waals surface area contributed by atoms with Crippen LogP contribution < -0.4 is 26.6 Å². The van der Waals surface area contributed by atoms with Crippen LogP contribution in [0.5, 0.6) is 0 Å². The van der Waals surface area contributed by atoms with E-state index in [1.165, 1.54) is 12.1 Å². The van der Waals surface area contributed by atoms with E-state index in [0.717, 1.165) is 57.9 Å². The van der Waals surface area contributed by atoms with Crippen molar-refractivity contribution in [1.29, 1.82) is 0 Å². The molecule has 15 heteroatoms. The summed E-state index contributed by atoms with van der Waals surface area (Å²) in [5.74, 6) is -1.34. The molecule has 13 nitrogen and oxygen atoms in total. The number of Topliss-reactive ketones (excluding diaryl/α,β-unsaturated/α-hetero) is 1. The third kappa shape index (κ3) is 14.2. The number of hydrogen-bond donors (Lipinski definition) is 7. The van der Waals surface area contributed by atoms with Gasteiger partial charge in [-0.3, -0.25) is 14.4 Å². The summed E-state index contributed by atoms with van der Waals surface area (Å²) in [6, 6.07) is 12.5. The van der Waals surface area contributed by atoms with Crippen molar-refractivity contribution in [2.45, 2.75) is 49.5 Å². The van der Waals surface area contributed by atoms with Crippen molar-refractivity contribution in [3.63, 3.8) is 0 Å². The first-order chi connectivity index (χ1) is 24.9. The molecule has 0 radical (unpaired) electrons. The predicted molar refractivity (Wildman–Crippen MR) is 204 cm³/mol. The van der Waals surface area contributed by atoms with E-state index in [2.05, 4.69) is 45.8 Å². The van der Waals surface area contributed by atoms with E-state index in [-0.39, 0.29) is 43.5 Å². The van der Waals surface area contributed by atoms with Crippen LogP contribution in [0.4, 0.5) is 0 Å². The van der Waals surface area contributed by atoms with Gasteiger partial charge < -0.3 is 36.4 Å². The fourth-order valence-corrected chi connectivity index (χ4v) is 6.14. The Morgan fingerprint density at radius 3 is 2.02 bits per heavy atom. The van der Waals surface area contributed by atoms with Crippen LogP contribution in [-0.4, -0.2) is 102 Å². The number of esters is 1. The van der Waals surface area contributed by atoms with Crippen molar-refractivity contribution >= 4 is 57.2 Å². The first kappa shape index (κ1) is 42.4. The molecule has 2 aromatic rings. The number of carbonyl (C=O) groups is 4. The number of hydrogen-bond acceptors (Lipinski definition) is 12. The zero-order valence-corrected chi connectivity index (χ0v) is 31.4. The maximum Gasteiger partial charge on any atom is 0.339 e. The Balaban J connectivity index is 1.67. The Morgan fingerprint density at radius 2 is 1.40 bits per heavy atom. The fourth-order valence-electron chi connectivity index (χ4n) is 5.40. The molecule has 1 aliphatic heterocycles. The number of ketones is 1. The van der Waals surface area contributed by atoms with Gasteiger partial charge in [0.05, 0.1) is 36.1 Å². The van der Waals surface area contributed by atoms with Crippen LogP contribution in [0.2, 0.25) is 0 Å². The molecule has 0 aromatic heterocycles. The van der Waals surface area contributed by atoms with Gasteiger partial charge in [-0.05, 0) is 80.6 Å². The number of cyclic esters (lactones) is 1. The predicted octanol–water partition coefficient (Wildman–Crippen LogP) is 1.95. The number of aliphatic hydroxyl groups excluding tert-OH is 1. The molecule has 284 valence electrons. The van der Waals surface area contributed by atoms with Gasteiger partial charge in [0.15, 0.2) is 15.6 Å². The normalized spacial score (nSPS) is 13.4. The summed E-state index contributed by atoms with van der Waals surface area (Å²) in [5, 5.41) is 23.5. The van der Waals surface area contributed by atoms with Gasteiger partial charge in [0, 0.05) is 29.9 Å². The van der Waals surface area contributed by atoms with Crippen LogP contribution in [0.1, 0.15) is 61.3 Å². The average Bonchev–Trinajstić information content (AvgIpc) is 3.53. The lowest BCUT2D eigenvalue weighted by molar-refractivity contribution is -0.134. The molecule has 0 bridgehead atoms. The second kappa shape index (κ2) is 22.1. The minimum Gasteiger partial charge on any atom is -0.457 e. The van der Waals surface area contributed by atoms with Crippen LogP contribution in [0.15, 0.2) is 65.7 Å². The summed E-state index contributed by atoms with van der Waals surface area (Å²) >= 11 is 4.06. The van der Waals surface area contributed by atoms with E-state index in [4.69, 9.17) is 9.84 Å². The quantitative estimate of drug-likeness (QED) is 0.0445. The SMILES string of the molecule is C=C(CS)NCC(=O)NCC(=O)NCC(=O)C(NCCCCCNCCCCCO)c1ccc(C2=C(c3ccc(S(C)(=O)=O)cc3)COC2=O)cc1. The molecule has 2 amide bonds. The van der Waals surface area contributed by atoms with Crippen LogP contribution in [0.3, 0.4) is 0 Å². The number of amides is 2. The molecular weight excluding hydrogens is 707 g/mol. The fraction of sp³-hybridized carbons (Fsp3) is 0.459. The number of nitrogens with one attached hydrogen (secondary N) is 5. The minimum atomic E-state index is -3.38. The van der Waals surface area contributed by atoms with E-state index < -0.39 is 33.7 Å². The summed E-state index contributed by atoms with van der Waals surface area (Å²) < 4.78 is 29.2. The topological polar surface area (TPSA) is 192 Å². The molecule has 2 aromatic carbocycles. The zero-order chi connectivity index (χ0) is 37.9. The zero-order valence-electron chi connectivity index (χ0n) is 29.7. The molecule has 1 aliphatic rings. The van der Waals surface area contributed by atoms with Gasteiger partial charge in [0.25, 0.3) is 0 Å². The van der Waals surface area contributed by atoms with Gasteiger partial charge in [-0.25, -0.2) is 13.2 Å². The van der Waals surface area contributed by atoms with Crippen LogP contribution in [0, 0.1) is 0 Å². The van der Waals surface area contributed by atoms with Crippen LogP contribution in [0.25, 0.3) is 11.1 Å². The van der Waals surface area contributed by atoms with Gasteiger partial charge in [0.1, 0.15) is 6.61 Å². The summed E-state index contributed by atoms with van der Waals surface area (Å²) in [6.45, 7) is 5.68. The molecule has 0 saturated carbocycles. The lowest BCUT2D eigenvalue weighted by atomic mass is 9.94. The lowest BCUT2D eigenvalue weighted by Crippen LogP contribution is -2.43. The van der Waals surface area contributed by atoms with Crippen molar-refractivity contribution in [1.82, 2.24) is 26.6 Å². The maximum atomic E-state index is 13.5. The van der Waals surface area contributed by atoms with E-state index in [0.29, 0.717) is 45.8 Å². The molecule has 3 rings (SSSR count). The van der Waals surface area contributed by atoms with Gasteiger partial charge in [-0.1, -0.05) is 49.4 Å². The number of thiol groups is 1. The third-order valence-electron chi connectivity index (χ3n) is 8.33. The Bertz CT molecular complexity index is 1660. The highest BCUT2D eigenvalue weighted by atomic mass is 32.2. The lowest BCUT2D eigenvalue weighted by Gasteiger charge is -2.19. The first-order valence-corrected chi connectivity index (χ1v) is 19.9. The Morgan fingerprint density at radius 1 is 0.827 bits per heavy atom. The number of ether oxygens (including phenoxy) is 1. The largest absolute Gasteiger partial charge is 0.457 e. The summed E-state index contributed by atoms with van der Waals surface area (Å²) in [4.78, 5) is 51.0. The van der Waals surface area contributed by atoms with E-state index in [9.17, 15) is 27.6 Å². The van der Waals surface area contributed by atoms with E-state index >= 15 is 0 Å². The van der Waals surface area contributed by atoms with Crippen molar-refractivity contribution < 1.29 is 37.4 Å². The molecule has 52 heavy (non-hydrogen) atoms. The molecule has 1 unspecified atom stereocenters. The number of aliphatic hydroxyl groups is 1. The highest BCUT2D eigenvalue weighted by Crippen LogP contribution is 2.34. The van der Waals surface area contributed by atoms with Gasteiger partial charge in [-0.2, -0.15) is 12.6 Å². The average molecular weight is 758 g/mol. The second-order valence-electron chi connectivity index (χ2n) is 12.5. The number of rotatable bonds is 25. The Hall–Kier alpha value is -4.02. The molecule has 1 atom stereocenters. The standard InChI is InChI=1S/C37H51N5O8S2/c1-26(25-51)40-22-33(45)42-23-34(46)41-21-32(44)36(39-19-7-3-5-17-38-18-6-4-8-20-43)29-11-9-28(10-12-29)35-31(24-50-37(35)47)27-13-15-30(16-14-27)52(2,48)49/h9-16,36,38-40,43,51H,1,3-8,17-25H2,2H3,(H,41,46)(H,42,45). The van der Waals surface area contributed by atoms with E-state index in [1.807, 2.05) is 0 Å². The molecule has 0 fully saturated rings. The first-order valence-electron chi connectivity index (χ1n) is 17.4. The van der Waals surface area contributed by atoms with Crippen molar-refractivity contribution in [3.8, 4) is 0 Å². The van der Waals surface area contributed by atoms with Crippen LogP contribution >= 0.6 is 12.6 Å². The van der Waals surface area contributed by atoms with Crippen molar-refractivity contribution in [3.05, 3.63) is 77.5 Å². The molecule has 0 saturated heterocycles. The highest BCUT2D eigenvalue weighted by Gasteiger charge is 2.28. The van der Waals surface area contributed by atoms with Gasteiger partial charge >= 0.3 is 5.97 Å². The van der Waals surface area contributed by atoms with Crippen molar-refractivity contribution in [2.75, 3.05) is 64.5 Å². The maximum absolute atomic E-state index is 13.5. The number of benzene rings is 2.